The Morgan fingerprint density at radius 2 is 0.967 bits per heavy atom. The standard InChI is InChI=1S/C55H37N5O/c1-55(2)46-32-39(21-24-42(46)43-25-28-49-51(50(43)55)56-33-61-49)38-23-27-48-45(31-38)44-30-37(34-13-6-3-7-14-34)22-26-47(44)60(48)41-20-12-19-40(29-41)54-58-52(35-15-8-4-9-16-35)57-53(59-54)36-17-10-5-11-18-36/h3-33H,1-2H3. The highest BCUT2D eigenvalue weighted by Gasteiger charge is 2.38. The molecule has 0 saturated carbocycles. The normalized spacial score (nSPS) is 12.9. The summed E-state index contributed by atoms with van der Waals surface area (Å²) < 4.78 is 8.10. The van der Waals surface area contributed by atoms with E-state index < -0.39 is 0 Å². The summed E-state index contributed by atoms with van der Waals surface area (Å²) in [6.07, 6.45) is 1.55. The summed E-state index contributed by atoms with van der Waals surface area (Å²) in [7, 11) is 0. The molecule has 3 aromatic heterocycles. The van der Waals surface area contributed by atoms with Crippen LogP contribution in [0.5, 0.6) is 0 Å². The second-order valence-corrected chi connectivity index (χ2v) is 16.3. The fourth-order valence-corrected chi connectivity index (χ4v) is 9.41. The summed E-state index contributed by atoms with van der Waals surface area (Å²) in [6.45, 7) is 4.60. The van der Waals surface area contributed by atoms with Gasteiger partial charge in [0, 0.05) is 38.6 Å². The second kappa shape index (κ2) is 13.5. The number of hydrogen-bond donors (Lipinski definition) is 0. The minimum absolute atomic E-state index is 0.241. The lowest BCUT2D eigenvalue weighted by molar-refractivity contribution is 0.602. The van der Waals surface area contributed by atoms with Gasteiger partial charge in [-0.3, -0.25) is 0 Å². The Kier molecular flexibility index (Phi) is 7.78. The SMILES string of the molecule is CC1(C)c2cc(-c3ccc4c(c3)c3cc(-c5ccccc5)ccc3n4-c3cccc(-c4nc(-c5ccccc5)nc(-c5ccccc5)n4)c3)ccc2-c2ccc3ocnc3c21. The van der Waals surface area contributed by atoms with Crippen LogP contribution in [0.2, 0.25) is 0 Å². The van der Waals surface area contributed by atoms with E-state index in [1.165, 1.54) is 55.3 Å². The van der Waals surface area contributed by atoms with Gasteiger partial charge in [-0.25, -0.2) is 19.9 Å². The third-order valence-corrected chi connectivity index (χ3v) is 12.4. The van der Waals surface area contributed by atoms with Gasteiger partial charge in [0.1, 0.15) is 5.52 Å². The van der Waals surface area contributed by atoms with E-state index in [-0.39, 0.29) is 5.41 Å². The van der Waals surface area contributed by atoms with Gasteiger partial charge in [-0.1, -0.05) is 147 Å². The zero-order valence-corrected chi connectivity index (χ0v) is 33.5. The zero-order valence-electron chi connectivity index (χ0n) is 33.5. The number of rotatable bonds is 6. The van der Waals surface area contributed by atoms with Crippen molar-refractivity contribution in [2.75, 3.05) is 0 Å². The molecule has 12 rings (SSSR count). The van der Waals surface area contributed by atoms with Crippen LogP contribution in [0.3, 0.4) is 0 Å². The Morgan fingerprint density at radius 1 is 0.443 bits per heavy atom. The molecule has 0 spiro atoms. The number of aromatic nitrogens is 5. The molecule has 0 saturated heterocycles. The van der Waals surface area contributed by atoms with Gasteiger partial charge in [0.15, 0.2) is 29.4 Å². The summed E-state index contributed by atoms with van der Waals surface area (Å²) in [5, 5.41) is 2.37. The van der Waals surface area contributed by atoms with E-state index in [1.54, 1.807) is 6.39 Å². The molecule has 0 fully saturated rings. The fraction of sp³-hybridized carbons (Fsp3) is 0.0545. The molecule has 0 N–H and O–H groups in total. The van der Waals surface area contributed by atoms with Crippen LogP contribution >= 0.6 is 0 Å². The molecule has 0 bridgehead atoms. The Balaban J connectivity index is 1.02. The van der Waals surface area contributed by atoms with Gasteiger partial charge in [-0.05, 0) is 93.0 Å². The van der Waals surface area contributed by atoms with Crippen molar-refractivity contribution in [1.82, 2.24) is 24.5 Å². The monoisotopic (exact) mass is 783 g/mol. The number of hydrogen-bond acceptors (Lipinski definition) is 5. The third-order valence-electron chi connectivity index (χ3n) is 12.4. The first-order valence-corrected chi connectivity index (χ1v) is 20.6. The van der Waals surface area contributed by atoms with Crippen LogP contribution in [-0.4, -0.2) is 24.5 Å². The van der Waals surface area contributed by atoms with Crippen LogP contribution < -0.4 is 0 Å². The first kappa shape index (κ1) is 35.0. The highest BCUT2D eigenvalue weighted by atomic mass is 16.3. The van der Waals surface area contributed by atoms with Crippen LogP contribution in [0, 0.1) is 0 Å². The Bertz CT molecular complexity index is 3440. The van der Waals surface area contributed by atoms with Crippen molar-refractivity contribution in [2.45, 2.75) is 19.3 Å². The van der Waals surface area contributed by atoms with E-state index in [4.69, 9.17) is 19.4 Å². The lowest BCUT2D eigenvalue weighted by Crippen LogP contribution is -2.15. The van der Waals surface area contributed by atoms with Crippen molar-refractivity contribution in [2.24, 2.45) is 0 Å². The summed E-state index contributed by atoms with van der Waals surface area (Å²) in [6, 6.07) is 64.3. The molecule has 0 unspecified atom stereocenters. The lowest BCUT2D eigenvalue weighted by atomic mass is 9.81. The van der Waals surface area contributed by atoms with Gasteiger partial charge in [0.2, 0.25) is 0 Å². The van der Waals surface area contributed by atoms with Crippen molar-refractivity contribution >= 4 is 32.9 Å². The average molecular weight is 784 g/mol. The quantitative estimate of drug-likeness (QED) is 0.168. The van der Waals surface area contributed by atoms with Gasteiger partial charge in [0.25, 0.3) is 0 Å². The first-order valence-electron chi connectivity index (χ1n) is 20.6. The molecule has 6 nitrogen and oxygen atoms in total. The molecule has 0 aliphatic heterocycles. The average Bonchev–Trinajstić information content (AvgIpc) is 4.00. The summed E-state index contributed by atoms with van der Waals surface area (Å²) in [5.41, 5.74) is 17.3. The minimum atomic E-state index is -0.241. The molecule has 6 heteroatoms. The maximum Gasteiger partial charge on any atom is 0.181 e. The first-order chi connectivity index (χ1) is 30.0. The van der Waals surface area contributed by atoms with Crippen LogP contribution in [0.4, 0.5) is 0 Å². The molecule has 0 amide bonds. The van der Waals surface area contributed by atoms with Crippen LogP contribution in [0.1, 0.15) is 25.0 Å². The fourth-order valence-electron chi connectivity index (χ4n) is 9.41. The van der Waals surface area contributed by atoms with E-state index in [2.05, 4.69) is 139 Å². The molecule has 11 aromatic rings. The van der Waals surface area contributed by atoms with Crippen molar-refractivity contribution < 1.29 is 4.42 Å². The summed E-state index contributed by atoms with van der Waals surface area (Å²) in [4.78, 5) is 19.7. The second-order valence-electron chi connectivity index (χ2n) is 16.3. The predicted octanol–water partition coefficient (Wildman–Crippen LogP) is 13.8. The van der Waals surface area contributed by atoms with E-state index in [1.807, 2.05) is 66.7 Å². The predicted molar refractivity (Wildman–Crippen MR) is 246 cm³/mol. The molecule has 8 aromatic carbocycles. The molecule has 61 heavy (non-hydrogen) atoms. The summed E-state index contributed by atoms with van der Waals surface area (Å²) in [5.74, 6) is 1.89. The molecule has 288 valence electrons. The number of benzene rings is 8. The van der Waals surface area contributed by atoms with Gasteiger partial charge in [0.05, 0.1) is 11.0 Å². The van der Waals surface area contributed by atoms with Crippen molar-refractivity contribution in [3.8, 4) is 73.2 Å². The molecule has 1 aliphatic rings. The van der Waals surface area contributed by atoms with Crippen LogP contribution in [0.25, 0.3) is 106 Å². The van der Waals surface area contributed by atoms with Gasteiger partial charge in [-0.2, -0.15) is 0 Å². The van der Waals surface area contributed by atoms with Gasteiger partial charge < -0.3 is 8.98 Å². The van der Waals surface area contributed by atoms with Gasteiger partial charge >= 0.3 is 0 Å². The summed E-state index contributed by atoms with van der Waals surface area (Å²) >= 11 is 0. The number of nitrogens with zero attached hydrogens (tertiary/aromatic N) is 5. The molecule has 0 radical (unpaired) electrons. The Labute approximate surface area is 352 Å². The van der Waals surface area contributed by atoms with Crippen LogP contribution in [0.15, 0.2) is 193 Å². The van der Waals surface area contributed by atoms with E-state index in [0.717, 1.165) is 44.5 Å². The van der Waals surface area contributed by atoms with Crippen molar-refractivity contribution in [3.63, 3.8) is 0 Å². The molecule has 3 heterocycles. The molecule has 0 atom stereocenters. The van der Waals surface area contributed by atoms with Gasteiger partial charge in [-0.15, -0.1) is 0 Å². The number of fused-ring (bicyclic) bond motifs is 8. The largest absolute Gasteiger partial charge is 0.443 e. The van der Waals surface area contributed by atoms with Crippen LogP contribution in [-0.2, 0) is 5.41 Å². The maximum atomic E-state index is 5.72. The number of oxazole rings is 1. The van der Waals surface area contributed by atoms with Crippen molar-refractivity contribution in [3.05, 3.63) is 200 Å². The minimum Gasteiger partial charge on any atom is -0.443 e. The Morgan fingerprint density at radius 3 is 1.61 bits per heavy atom. The Hall–Kier alpha value is -7.96. The van der Waals surface area contributed by atoms with E-state index in [0.29, 0.717) is 17.5 Å². The zero-order chi connectivity index (χ0) is 40.7. The molecule has 1 aliphatic carbocycles. The highest BCUT2D eigenvalue weighted by molar-refractivity contribution is 6.12. The maximum absolute atomic E-state index is 5.72. The van der Waals surface area contributed by atoms with E-state index in [9.17, 15) is 0 Å². The highest BCUT2D eigenvalue weighted by Crippen LogP contribution is 2.52. The lowest BCUT2D eigenvalue weighted by Gasteiger charge is -2.22. The smallest absolute Gasteiger partial charge is 0.181 e. The molecular weight excluding hydrogens is 747 g/mol. The molecular formula is C55H37N5O. The van der Waals surface area contributed by atoms with Crippen molar-refractivity contribution in [1.29, 1.82) is 0 Å². The third kappa shape index (κ3) is 5.64. The van der Waals surface area contributed by atoms with E-state index >= 15 is 0 Å². The topological polar surface area (TPSA) is 69.6 Å².